The summed E-state index contributed by atoms with van der Waals surface area (Å²) < 4.78 is 0. The van der Waals surface area contributed by atoms with Crippen molar-refractivity contribution in [2.24, 2.45) is 11.7 Å². The fourth-order valence-corrected chi connectivity index (χ4v) is 2.44. The summed E-state index contributed by atoms with van der Waals surface area (Å²) in [7, 11) is 0. The molecule has 2 rings (SSSR count). The van der Waals surface area contributed by atoms with Crippen molar-refractivity contribution in [3.63, 3.8) is 0 Å². The summed E-state index contributed by atoms with van der Waals surface area (Å²) in [6, 6.07) is 7.59. The first-order valence-electron chi connectivity index (χ1n) is 7.49. The smallest absolute Gasteiger partial charge is 0.241 e. The van der Waals surface area contributed by atoms with E-state index in [-0.39, 0.29) is 11.8 Å². The van der Waals surface area contributed by atoms with E-state index in [0.717, 1.165) is 18.8 Å². The highest BCUT2D eigenvalue weighted by atomic mass is 16.2. The maximum atomic E-state index is 11.9. The molecule has 0 aliphatic carbocycles. The normalized spacial score (nSPS) is 17.1. The highest BCUT2D eigenvalue weighted by Gasteiger charge is 2.17. The van der Waals surface area contributed by atoms with Gasteiger partial charge in [-0.1, -0.05) is 13.8 Å². The van der Waals surface area contributed by atoms with Crippen molar-refractivity contribution in [3.05, 3.63) is 24.3 Å². The molecule has 20 heavy (non-hydrogen) atoms. The van der Waals surface area contributed by atoms with Gasteiger partial charge in [-0.2, -0.15) is 0 Å². The summed E-state index contributed by atoms with van der Waals surface area (Å²) in [6.07, 6.45) is 3.86. The molecule has 0 saturated carbocycles. The lowest BCUT2D eigenvalue weighted by Gasteiger charge is -2.28. The van der Waals surface area contributed by atoms with Crippen LogP contribution in [-0.2, 0) is 4.79 Å². The number of rotatable bonds is 4. The maximum absolute atomic E-state index is 11.9. The van der Waals surface area contributed by atoms with Gasteiger partial charge in [0.2, 0.25) is 5.91 Å². The van der Waals surface area contributed by atoms with Gasteiger partial charge >= 0.3 is 0 Å². The van der Waals surface area contributed by atoms with E-state index in [2.05, 4.69) is 22.3 Å². The molecule has 110 valence electrons. The molecule has 0 radical (unpaired) electrons. The van der Waals surface area contributed by atoms with Crippen LogP contribution < -0.4 is 16.0 Å². The molecule has 4 heteroatoms. The van der Waals surface area contributed by atoms with Crippen LogP contribution in [0.1, 0.15) is 33.1 Å². The number of nitrogens with one attached hydrogen (secondary N) is 1. The van der Waals surface area contributed by atoms with Gasteiger partial charge in [0.15, 0.2) is 0 Å². The van der Waals surface area contributed by atoms with Crippen molar-refractivity contribution in [1.29, 1.82) is 0 Å². The minimum atomic E-state index is -0.461. The van der Waals surface area contributed by atoms with E-state index >= 15 is 0 Å². The van der Waals surface area contributed by atoms with Crippen LogP contribution >= 0.6 is 0 Å². The molecule has 1 fully saturated rings. The standard InChI is InChI=1S/C16H25N3O/c1-12(2)15(17)16(20)18-13-6-8-14(9-7-13)19-10-4-3-5-11-19/h6-9,12,15H,3-5,10-11,17H2,1-2H3,(H,18,20). The van der Waals surface area contributed by atoms with Crippen molar-refractivity contribution in [1.82, 2.24) is 0 Å². The van der Waals surface area contributed by atoms with Crippen molar-refractivity contribution < 1.29 is 4.79 Å². The van der Waals surface area contributed by atoms with Crippen molar-refractivity contribution in [2.45, 2.75) is 39.2 Å². The van der Waals surface area contributed by atoms with Crippen molar-refractivity contribution in [3.8, 4) is 0 Å². The molecule has 1 heterocycles. The van der Waals surface area contributed by atoms with E-state index in [4.69, 9.17) is 5.73 Å². The molecule has 1 aromatic carbocycles. The van der Waals surface area contributed by atoms with Gasteiger partial charge in [0.25, 0.3) is 0 Å². The van der Waals surface area contributed by atoms with Gasteiger partial charge in [-0.05, 0) is 49.4 Å². The molecule has 1 aliphatic rings. The summed E-state index contributed by atoms with van der Waals surface area (Å²) in [4.78, 5) is 14.3. The second kappa shape index (κ2) is 6.75. The Morgan fingerprint density at radius 2 is 1.75 bits per heavy atom. The zero-order chi connectivity index (χ0) is 14.5. The Labute approximate surface area is 121 Å². The number of hydrogen-bond acceptors (Lipinski definition) is 3. The van der Waals surface area contributed by atoms with Crippen LogP contribution in [0.4, 0.5) is 11.4 Å². The van der Waals surface area contributed by atoms with Gasteiger partial charge in [0.05, 0.1) is 6.04 Å². The number of carbonyl (C=O) groups is 1. The first kappa shape index (κ1) is 14.9. The molecule has 3 N–H and O–H groups in total. The van der Waals surface area contributed by atoms with Crippen LogP contribution in [0.5, 0.6) is 0 Å². The molecule has 4 nitrogen and oxygen atoms in total. The Balaban J connectivity index is 1.96. The molecular weight excluding hydrogens is 250 g/mol. The Kier molecular flexibility index (Phi) is 5.01. The number of piperidine rings is 1. The maximum Gasteiger partial charge on any atom is 0.241 e. The molecule has 1 atom stereocenters. The summed E-state index contributed by atoms with van der Waals surface area (Å²) in [5.41, 5.74) is 7.88. The van der Waals surface area contributed by atoms with E-state index < -0.39 is 6.04 Å². The minimum absolute atomic E-state index is 0.120. The van der Waals surface area contributed by atoms with Crippen LogP contribution in [-0.4, -0.2) is 25.0 Å². The third-order valence-electron chi connectivity index (χ3n) is 3.88. The van der Waals surface area contributed by atoms with Crippen LogP contribution in [0.25, 0.3) is 0 Å². The summed E-state index contributed by atoms with van der Waals surface area (Å²) >= 11 is 0. The van der Waals surface area contributed by atoms with Crippen LogP contribution in [0.15, 0.2) is 24.3 Å². The Hall–Kier alpha value is -1.55. The Morgan fingerprint density at radius 3 is 2.30 bits per heavy atom. The molecule has 1 aromatic rings. The number of nitrogens with zero attached hydrogens (tertiary/aromatic N) is 1. The van der Waals surface area contributed by atoms with E-state index in [9.17, 15) is 4.79 Å². The van der Waals surface area contributed by atoms with E-state index in [1.54, 1.807) is 0 Å². The topological polar surface area (TPSA) is 58.4 Å². The molecule has 0 spiro atoms. The Bertz CT molecular complexity index is 436. The fraction of sp³-hybridized carbons (Fsp3) is 0.562. The second-order valence-electron chi connectivity index (χ2n) is 5.85. The molecular formula is C16H25N3O. The Morgan fingerprint density at radius 1 is 1.15 bits per heavy atom. The van der Waals surface area contributed by atoms with Gasteiger partial charge in [-0.25, -0.2) is 0 Å². The first-order chi connectivity index (χ1) is 9.58. The summed E-state index contributed by atoms with van der Waals surface area (Å²) in [6.45, 7) is 6.15. The monoisotopic (exact) mass is 275 g/mol. The SMILES string of the molecule is CC(C)C(N)C(=O)Nc1ccc(N2CCCCC2)cc1. The highest BCUT2D eigenvalue weighted by Crippen LogP contribution is 2.21. The zero-order valence-electron chi connectivity index (χ0n) is 12.4. The third-order valence-corrected chi connectivity index (χ3v) is 3.88. The highest BCUT2D eigenvalue weighted by molar-refractivity contribution is 5.94. The zero-order valence-corrected chi connectivity index (χ0v) is 12.4. The quantitative estimate of drug-likeness (QED) is 0.888. The average Bonchev–Trinajstić information content (AvgIpc) is 2.48. The minimum Gasteiger partial charge on any atom is -0.372 e. The van der Waals surface area contributed by atoms with Crippen LogP contribution in [0, 0.1) is 5.92 Å². The first-order valence-corrected chi connectivity index (χ1v) is 7.49. The number of carbonyl (C=O) groups excluding carboxylic acids is 1. The molecule has 0 aromatic heterocycles. The molecule has 0 bridgehead atoms. The van der Waals surface area contributed by atoms with Crippen molar-refractivity contribution in [2.75, 3.05) is 23.3 Å². The molecule has 1 aliphatic heterocycles. The lowest BCUT2D eigenvalue weighted by molar-refractivity contribution is -0.118. The van der Waals surface area contributed by atoms with Gasteiger partial charge in [-0.15, -0.1) is 0 Å². The molecule has 1 amide bonds. The van der Waals surface area contributed by atoms with Crippen molar-refractivity contribution >= 4 is 17.3 Å². The van der Waals surface area contributed by atoms with Crippen LogP contribution in [0.2, 0.25) is 0 Å². The summed E-state index contributed by atoms with van der Waals surface area (Å²) in [5, 5.41) is 2.87. The number of benzene rings is 1. The fourth-order valence-electron chi connectivity index (χ4n) is 2.44. The van der Waals surface area contributed by atoms with E-state index in [1.165, 1.54) is 24.9 Å². The van der Waals surface area contributed by atoms with E-state index in [0.29, 0.717) is 0 Å². The lowest BCUT2D eigenvalue weighted by Crippen LogP contribution is -2.39. The number of nitrogens with two attached hydrogens (primary N) is 1. The van der Waals surface area contributed by atoms with Crippen LogP contribution in [0.3, 0.4) is 0 Å². The van der Waals surface area contributed by atoms with Gasteiger partial charge in [0, 0.05) is 24.5 Å². The predicted molar refractivity (Wildman–Crippen MR) is 83.9 cm³/mol. The second-order valence-corrected chi connectivity index (χ2v) is 5.85. The van der Waals surface area contributed by atoms with Gasteiger partial charge in [0.1, 0.15) is 0 Å². The average molecular weight is 275 g/mol. The predicted octanol–water partition coefficient (Wildman–Crippen LogP) is 2.60. The van der Waals surface area contributed by atoms with Gasteiger partial charge in [-0.3, -0.25) is 4.79 Å². The lowest BCUT2D eigenvalue weighted by atomic mass is 10.0. The number of amides is 1. The molecule has 1 saturated heterocycles. The summed E-state index contributed by atoms with van der Waals surface area (Å²) in [5.74, 6) is 0.0216. The van der Waals surface area contributed by atoms with E-state index in [1.807, 2.05) is 26.0 Å². The number of hydrogen-bond donors (Lipinski definition) is 2. The largest absolute Gasteiger partial charge is 0.372 e. The number of anilines is 2. The van der Waals surface area contributed by atoms with Gasteiger partial charge < -0.3 is 16.0 Å². The molecule has 1 unspecified atom stereocenters. The third kappa shape index (κ3) is 3.73.